The first-order valence-electron chi connectivity index (χ1n) is 13.2. The van der Waals surface area contributed by atoms with Crippen molar-refractivity contribution in [2.24, 2.45) is 16.3 Å². The van der Waals surface area contributed by atoms with Crippen LogP contribution in [0.1, 0.15) is 19.3 Å². The van der Waals surface area contributed by atoms with Crippen LogP contribution < -0.4 is 4.90 Å². The molecule has 3 aliphatic rings. The zero-order valence-electron chi connectivity index (χ0n) is 22.3. The average molecular weight is 555 g/mol. The first-order chi connectivity index (χ1) is 18.8. The number of allylic oxidation sites excluding steroid dienone is 1. The number of methoxy groups -OCH3 is 2. The lowest BCUT2D eigenvalue weighted by atomic mass is 9.66. The Morgan fingerprint density at radius 2 is 1.87 bits per heavy atom. The second-order valence-corrected chi connectivity index (χ2v) is 12.5. The number of benzene rings is 2. The molecule has 0 aromatic heterocycles. The lowest BCUT2D eigenvalue weighted by molar-refractivity contribution is 0.0636. The summed E-state index contributed by atoms with van der Waals surface area (Å²) in [5.74, 6) is -0.644. The number of nitrogens with one attached hydrogen (secondary N) is 1. The number of halogens is 1. The quantitative estimate of drug-likeness (QED) is 0.487. The van der Waals surface area contributed by atoms with Crippen LogP contribution in [0.25, 0.3) is 0 Å². The molecule has 2 aromatic carbocycles. The highest BCUT2D eigenvalue weighted by Crippen LogP contribution is 2.46. The highest BCUT2D eigenvalue weighted by atomic mass is 32.2. The van der Waals surface area contributed by atoms with Gasteiger partial charge in [0.05, 0.1) is 23.3 Å². The number of piperidine rings is 1. The normalized spacial score (nSPS) is 26.9. The van der Waals surface area contributed by atoms with Gasteiger partial charge in [0.2, 0.25) is 10.0 Å². The van der Waals surface area contributed by atoms with Gasteiger partial charge < -0.3 is 19.8 Å². The van der Waals surface area contributed by atoms with E-state index in [-0.39, 0.29) is 29.3 Å². The molecule has 0 amide bonds. The Labute approximate surface area is 229 Å². The zero-order valence-corrected chi connectivity index (χ0v) is 23.2. The van der Waals surface area contributed by atoms with Crippen LogP contribution in [0, 0.1) is 22.6 Å². The van der Waals surface area contributed by atoms with Gasteiger partial charge in [0.1, 0.15) is 5.82 Å². The fraction of sp³-hybridized carbons (Fsp3) is 0.448. The van der Waals surface area contributed by atoms with Gasteiger partial charge in [0, 0.05) is 69.3 Å². The molecule has 0 saturated carbocycles. The van der Waals surface area contributed by atoms with Crippen LogP contribution in [-0.2, 0) is 19.5 Å². The van der Waals surface area contributed by atoms with E-state index in [1.165, 1.54) is 18.3 Å². The van der Waals surface area contributed by atoms with Gasteiger partial charge in [-0.15, -0.1) is 0 Å². The second-order valence-electron chi connectivity index (χ2n) is 10.5. The van der Waals surface area contributed by atoms with E-state index in [0.717, 1.165) is 36.5 Å². The molecule has 2 fully saturated rings. The SMILES string of the molecule is COCC12CC(C=N)C(=Nc3ccc(F)cc3)C=C1CCN(S(=O)(=O)c1ccc(N3CCC(OC)C3)cc1)C2. The Kier molecular flexibility index (Phi) is 8.00. The minimum atomic E-state index is -3.73. The summed E-state index contributed by atoms with van der Waals surface area (Å²) in [7, 11) is -0.396. The van der Waals surface area contributed by atoms with Gasteiger partial charge in [-0.1, -0.05) is 5.57 Å². The van der Waals surface area contributed by atoms with E-state index < -0.39 is 15.4 Å². The molecule has 3 unspecified atom stereocenters. The molecule has 5 rings (SSSR count). The number of fused-ring (bicyclic) bond motifs is 1. The maximum Gasteiger partial charge on any atom is 0.243 e. The summed E-state index contributed by atoms with van der Waals surface area (Å²) in [6.45, 7) is 2.64. The number of anilines is 1. The highest BCUT2D eigenvalue weighted by Gasteiger charge is 2.47. The predicted octanol–water partition coefficient (Wildman–Crippen LogP) is 4.45. The molecule has 1 N–H and O–H groups in total. The van der Waals surface area contributed by atoms with Gasteiger partial charge in [-0.3, -0.25) is 4.99 Å². The number of hydrogen-bond donors (Lipinski definition) is 1. The van der Waals surface area contributed by atoms with E-state index in [2.05, 4.69) is 4.90 Å². The maximum atomic E-state index is 13.8. The first kappa shape index (κ1) is 27.6. The van der Waals surface area contributed by atoms with E-state index in [4.69, 9.17) is 19.9 Å². The summed E-state index contributed by atoms with van der Waals surface area (Å²) in [6.07, 6.45) is 5.54. The maximum absolute atomic E-state index is 13.8. The molecule has 3 atom stereocenters. The third kappa shape index (κ3) is 5.56. The second kappa shape index (κ2) is 11.3. The zero-order chi connectivity index (χ0) is 27.6. The molecule has 1 aliphatic carbocycles. The van der Waals surface area contributed by atoms with Crippen molar-refractivity contribution in [1.29, 1.82) is 5.41 Å². The number of rotatable bonds is 8. The van der Waals surface area contributed by atoms with Gasteiger partial charge in [0.15, 0.2) is 0 Å². The van der Waals surface area contributed by atoms with Gasteiger partial charge in [-0.25, -0.2) is 12.8 Å². The number of hydrogen-bond acceptors (Lipinski definition) is 7. The van der Waals surface area contributed by atoms with E-state index in [1.54, 1.807) is 42.8 Å². The molecular formula is C29H35FN4O4S. The number of nitrogens with zero attached hydrogens (tertiary/aromatic N) is 3. The molecule has 39 heavy (non-hydrogen) atoms. The third-order valence-corrected chi connectivity index (χ3v) is 9.99. The summed E-state index contributed by atoms with van der Waals surface area (Å²) in [5, 5.41) is 8.10. The molecule has 2 aliphatic heterocycles. The molecule has 2 heterocycles. The number of aliphatic imine (C=N–C) groups is 1. The summed E-state index contributed by atoms with van der Waals surface area (Å²) in [5.41, 5.74) is 2.84. The lowest BCUT2D eigenvalue weighted by Gasteiger charge is -2.47. The smallest absolute Gasteiger partial charge is 0.243 e. The van der Waals surface area contributed by atoms with E-state index >= 15 is 0 Å². The molecule has 10 heteroatoms. The van der Waals surface area contributed by atoms with Crippen LogP contribution in [0.15, 0.2) is 70.1 Å². The van der Waals surface area contributed by atoms with Crippen molar-refractivity contribution in [2.45, 2.75) is 30.3 Å². The standard InChI is InChI=1S/C29H35FN4O4S/c1-37-20-29-16-21(17-31)28(32-24-5-3-23(30)4-6-24)15-22(29)11-14-34(19-29)39(35,36)27-9-7-25(8-10-27)33-13-12-26(18-33)38-2/h3-10,15,17,21,26,31H,11-14,16,18-20H2,1-2H3. The predicted molar refractivity (Wildman–Crippen MR) is 150 cm³/mol. The van der Waals surface area contributed by atoms with Gasteiger partial charge >= 0.3 is 0 Å². The van der Waals surface area contributed by atoms with Crippen LogP contribution in [-0.4, -0.2) is 77.8 Å². The molecule has 2 aromatic rings. The van der Waals surface area contributed by atoms with Crippen LogP contribution in [0.5, 0.6) is 0 Å². The van der Waals surface area contributed by atoms with Gasteiger partial charge in [-0.05, 0) is 73.9 Å². The first-order valence-corrected chi connectivity index (χ1v) is 14.6. The van der Waals surface area contributed by atoms with Crippen molar-refractivity contribution in [3.05, 3.63) is 66.0 Å². The van der Waals surface area contributed by atoms with Crippen LogP contribution >= 0.6 is 0 Å². The van der Waals surface area contributed by atoms with Crippen molar-refractivity contribution in [2.75, 3.05) is 51.9 Å². The van der Waals surface area contributed by atoms with E-state index in [1.807, 2.05) is 18.2 Å². The molecule has 0 spiro atoms. The van der Waals surface area contributed by atoms with Crippen molar-refractivity contribution < 1.29 is 22.3 Å². The molecule has 2 saturated heterocycles. The summed E-state index contributed by atoms with van der Waals surface area (Å²) < 4.78 is 53.5. The Hall–Kier alpha value is -2.92. The summed E-state index contributed by atoms with van der Waals surface area (Å²) >= 11 is 0. The number of ether oxygens (including phenoxy) is 2. The van der Waals surface area contributed by atoms with Crippen LogP contribution in [0.3, 0.4) is 0 Å². The van der Waals surface area contributed by atoms with Crippen molar-refractivity contribution in [3.8, 4) is 0 Å². The van der Waals surface area contributed by atoms with Crippen LogP contribution in [0.4, 0.5) is 15.8 Å². The minimum Gasteiger partial charge on any atom is -0.384 e. The Morgan fingerprint density at radius 1 is 1.13 bits per heavy atom. The van der Waals surface area contributed by atoms with Gasteiger partial charge in [0.25, 0.3) is 0 Å². The molecule has 208 valence electrons. The number of sulfonamides is 1. The summed E-state index contributed by atoms with van der Waals surface area (Å²) in [4.78, 5) is 7.18. The fourth-order valence-electron chi connectivity index (χ4n) is 6.00. The van der Waals surface area contributed by atoms with E-state index in [0.29, 0.717) is 31.7 Å². The van der Waals surface area contributed by atoms with Crippen molar-refractivity contribution in [1.82, 2.24) is 4.31 Å². The lowest BCUT2D eigenvalue weighted by Crippen LogP contribution is -2.52. The van der Waals surface area contributed by atoms with E-state index in [9.17, 15) is 12.8 Å². The minimum absolute atomic E-state index is 0.197. The topological polar surface area (TPSA) is 95.3 Å². The Morgan fingerprint density at radius 3 is 2.51 bits per heavy atom. The average Bonchev–Trinajstić information content (AvgIpc) is 3.43. The van der Waals surface area contributed by atoms with Crippen LogP contribution in [0.2, 0.25) is 0 Å². The van der Waals surface area contributed by atoms with Crippen molar-refractivity contribution in [3.63, 3.8) is 0 Å². The third-order valence-electron chi connectivity index (χ3n) is 8.13. The molecule has 0 bridgehead atoms. The molecular weight excluding hydrogens is 519 g/mol. The Bertz CT molecular complexity index is 1360. The molecule has 0 radical (unpaired) electrons. The monoisotopic (exact) mass is 554 g/mol. The fourth-order valence-corrected chi connectivity index (χ4v) is 7.52. The summed E-state index contributed by atoms with van der Waals surface area (Å²) in [6, 6.07) is 13.1. The molecule has 8 nitrogen and oxygen atoms in total. The van der Waals surface area contributed by atoms with Crippen molar-refractivity contribution >= 4 is 33.3 Å². The Balaban J connectivity index is 1.39. The largest absolute Gasteiger partial charge is 0.384 e. The van der Waals surface area contributed by atoms with Gasteiger partial charge in [-0.2, -0.15) is 4.31 Å². The highest BCUT2D eigenvalue weighted by molar-refractivity contribution is 7.89.